The topological polar surface area (TPSA) is 78.5 Å². The maximum Gasteiger partial charge on any atom is 0.262 e. The molecule has 2 N–H and O–H groups in total. The van der Waals surface area contributed by atoms with Gasteiger partial charge >= 0.3 is 0 Å². The molecule has 0 spiro atoms. The van der Waals surface area contributed by atoms with Crippen LogP contribution in [0.1, 0.15) is 23.5 Å². The van der Waals surface area contributed by atoms with Crippen molar-refractivity contribution in [3.05, 3.63) is 51.1 Å². The van der Waals surface area contributed by atoms with E-state index in [2.05, 4.69) is 26.6 Å². The second-order valence-electron chi connectivity index (χ2n) is 6.39. The summed E-state index contributed by atoms with van der Waals surface area (Å²) in [6, 6.07) is 10.0. The second-order valence-corrected chi connectivity index (χ2v) is 8.20. The molecule has 0 aliphatic carbocycles. The number of nitrogens with zero attached hydrogens (tertiary/aromatic N) is 1. The number of hydrogen-bond donors (Lipinski definition) is 2. The molecule has 1 unspecified atom stereocenters. The number of amides is 3. The first-order valence-electron chi connectivity index (χ1n) is 8.43. The Morgan fingerprint density at radius 3 is 2.44 bits per heavy atom. The number of rotatable bonds is 7. The van der Waals surface area contributed by atoms with Gasteiger partial charge in [-0.15, -0.1) is 11.3 Å². The minimum absolute atomic E-state index is 0.113. The summed E-state index contributed by atoms with van der Waals surface area (Å²) >= 11 is 4.68. The summed E-state index contributed by atoms with van der Waals surface area (Å²) in [5.74, 6) is -1.03. The lowest BCUT2D eigenvalue weighted by Gasteiger charge is -2.26. The number of halogens is 1. The number of benzene rings is 1. The number of thiophene rings is 1. The van der Waals surface area contributed by atoms with Gasteiger partial charge < -0.3 is 15.5 Å². The van der Waals surface area contributed by atoms with Crippen LogP contribution in [-0.4, -0.2) is 42.3 Å². The van der Waals surface area contributed by atoms with Crippen LogP contribution in [0.25, 0.3) is 0 Å². The van der Waals surface area contributed by atoms with E-state index in [1.807, 2.05) is 32.0 Å². The summed E-state index contributed by atoms with van der Waals surface area (Å²) in [5, 5.41) is 7.34. The molecule has 0 aliphatic rings. The van der Waals surface area contributed by atoms with Gasteiger partial charge in [-0.2, -0.15) is 0 Å². The van der Waals surface area contributed by atoms with Gasteiger partial charge in [-0.05, 0) is 45.4 Å². The van der Waals surface area contributed by atoms with Crippen molar-refractivity contribution in [2.75, 3.05) is 18.9 Å². The first kappa shape index (κ1) is 21.1. The van der Waals surface area contributed by atoms with Crippen LogP contribution in [0.4, 0.5) is 5.69 Å². The minimum Gasteiger partial charge on any atom is -0.339 e. The molecule has 144 valence electrons. The van der Waals surface area contributed by atoms with Crippen molar-refractivity contribution in [2.45, 2.75) is 19.9 Å². The van der Waals surface area contributed by atoms with Crippen molar-refractivity contribution in [3.63, 3.8) is 0 Å². The van der Waals surface area contributed by atoms with Crippen LogP contribution < -0.4 is 10.6 Å². The number of hydrogen-bond acceptors (Lipinski definition) is 4. The molecular formula is C19H22BrN3O3S. The van der Waals surface area contributed by atoms with Crippen LogP contribution in [-0.2, 0) is 9.59 Å². The third-order valence-electron chi connectivity index (χ3n) is 3.87. The highest BCUT2D eigenvalue weighted by molar-refractivity contribution is 9.10. The third-order valence-corrected chi connectivity index (χ3v) is 5.43. The van der Waals surface area contributed by atoms with Gasteiger partial charge in [0.05, 0.1) is 17.1 Å². The molecule has 27 heavy (non-hydrogen) atoms. The molecular weight excluding hydrogens is 430 g/mol. The lowest BCUT2D eigenvalue weighted by Crippen LogP contribution is -2.51. The number of carbonyl (C=O) groups is 3. The van der Waals surface area contributed by atoms with E-state index in [1.54, 1.807) is 30.6 Å². The normalized spacial score (nSPS) is 11.7. The molecule has 2 aromatic rings. The number of para-hydroxylation sites is 1. The molecule has 2 rings (SSSR count). The number of likely N-dealkylation sites (N-methyl/N-ethyl adjacent to an activating group) is 1. The smallest absolute Gasteiger partial charge is 0.262 e. The lowest BCUT2D eigenvalue weighted by atomic mass is 10.0. The van der Waals surface area contributed by atoms with E-state index in [0.717, 1.165) is 4.47 Å². The van der Waals surface area contributed by atoms with Gasteiger partial charge in [0.25, 0.3) is 5.91 Å². The predicted molar refractivity (Wildman–Crippen MR) is 111 cm³/mol. The molecule has 8 heteroatoms. The van der Waals surface area contributed by atoms with Gasteiger partial charge in [0.1, 0.15) is 6.04 Å². The molecule has 1 aromatic heterocycles. The van der Waals surface area contributed by atoms with E-state index in [1.165, 1.54) is 16.2 Å². The number of carbonyl (C=O) groups excluding carboxylic acids is 3. The first-order chi connectivity index (χ1) is 12.8. The van der Waals surface area contributed by atoms with E-state index in [-0.39, 0.29) is 30.2 Å². The van der Waals surface area contributed by atoms with Gasteiger partial charge in [-0.25, -0.2) is 0 Å². The zero-order valence-corrected chi connectivity index (χ0v) is 17.8. The second kappa shape index (κ2) is 9.66. The highest BCUT2D eigenvalue weighted by Gasteiger charge is 2.28. The van der Waals surface area contributed by atoms with E-state index in [4.69, 9.17) is 0 Å². The highest BCUT2D eigenvalue weighted by Crippen LogP contribution is 2.21. The Morgan fingerprint density at radius 2 is 1.85 bits per heavy atom. The van der Waals surface area contributed by atoms with Crippen molar-refractivity contribution in [1.82, 2.24) is 10.2 Å². The van der Waals surface area contributed by atoms with Crippen LogP contribution in [0.5, 0.6) is 0 Å². The zero-order valence-electron chi connectivity index (χ0n) is 15.4. The van der Waals surface area contributed by atoms with Crippen LogP contribution in [0, 0.1) is 5.92 Å². The molecule has 0 aliphatic heterocycles. The van der Waals surface area contributed by atoms with Crippen LogP contribution >= 0.6 is 27.3 Å². The Morgan fingerprint density at radius 1 is 1.15 bits per heavy atom. The molecule has 0 saturated carbocycles. The monoisotopic (exact) mass is 451 g/mol. The average molecular weight is 452 g/mol. The molecule has 0 fully saturated rings. The maximum atomic E-state index is 12.8. The number of anilines is 1. The third kappa shape index (κ3) is 5.90. The predicted octanol–water partition coefficient (Wildman–Crippen LogP) is 3.36. The maximum absolute atomic E-state index is 12.8. The van der Waals surface area contributed by atoms with Gasteiger partial charge in [0, 0.05) is 11.5 Å². The van der Waals surface area contributed by atoms with Crippen LogP contribution in [0.15, 0.2) is 46.3 Å². The molecule has 1 atom stereocenters. The van der Waals surface area contributed by atoms with Crippen molar-refractivity contribution in [3.8, 4) is 0 Å². The van der Waals surface area contributed by atoms with Gasteiger partial charge in [-0.1, -0.05) is 32.0 Å². The molecule has 3 amide bonds. The summed E-state index contributed by atoms with van der Waals surface area (Å²) in [5.41, 5.74) is 0.634. The molecule has 0 radical (unpaired) electrons. The fraction of sp³-hybridized carbons (Fsp3) is 0.316. The highest BCUT2D eigenvalue weighted by atomic mass is 79.9. The van der Waals surface area contributed by atoms with Gasteiger partial charge in [0.2, 0.25) is 11.8 Å². The molecule has 1 heterocycles. The summed E-state index contributed by atoms with van der Waals surface area (Å²) in [4.78, 5) is 39.2. The Hall–Kier alpha value is -2.19. The minimum atomic E-state index is -0.708. The van der Waals surface area contributed by atoms with Crippen molar-refractivity contribution < 1.29 is 14.4 Å². The average Bonchev–Trinajstić information content (AvgIpc) is 3.15. The molecule has 1 aromatic carbocycles. The van der Waals surface area contributed by atoms with E-state index < -0.39 is 6.04 Å². The first-order valence-corrected chi connectivity index (χ1v) is 10.1. The number of nitrogens with one attached hydrogen (secondary N) is 2. The van der Waals surface area contributed by atoms with Crippen LogP contribution in [0.2, 0.25) is 0 Å². The largest absolute Gasteiger partial charge is 0.339 e. The van der Waals surface area contributed by atoms with Crippen molar-refractivity contribution in [2.24, 2.45) is 5.92 Å². The summed E-state index contributed by atoms with van der Waals surface area (Å²) < 4.78 is 0.760. The Bertz CT molecular complexity index is 808. The quantitative estimate of drug-likeness (QED) is 0.677. The Kier molecular flexibility index (Phi) is 7.55. The zero-order chi connectivity index (χ0) is 20.0. The molecule has 6 nitrogen and oxygen atoms in total. The van der Waals surface area contributed by atoms with E-state index >= 15 is 0 Å². The van der Waals surface area contributed by atoms with E-state index in [9.17, 15) is 14.4 Å². The summed E-state index contributed by atoms with van der Waals surface area (Å²) in [6.07, 6.45) is 0. The standard InChI is InChI=1S/C19H22BrN3O3S/c1-12(2)17(22-18(25)15-9-6-10-27-15)19(26)23(3)11-16(24)21-14-8-5-4-7-13(14)20/h4-10,12,17H,11H2,1-3H3,(H,21,24)(H,22,25). The summed E-state index contributed by atoms with van der Waals surface area (Å²) in [6.45, 7) is 3.59. The fourth-order valence-electron chi connectivity index (χ4n) is 2.42. The molecule has 0 saturated heterocycles. The Labute approximate surface area is 171 Å². The Balaban J connectivity index is 1.99. The lowest BCUT2D eigenvalue weighted by molar-refractivity contribution is -0.135. The van der Waals surface area contributed by atoms with Crippen molar-refractivity contribution >= 4 is 50.7 Å². The fourth-order valence-corrected chi connectivity index (χ4v) is 3.43. The van der Waals surface area contributed by atoms with Crippen LogP contribution in [0.3, 0.4) is 0 Å². The SMILES string of the molecule is CC(C)C(NC(=O)c1cccs1)C(=O)N(C)CC(=O)Nc1ccccc1Br. The van der Waals surface area contributed by atoms with E-state index in [0.29, 0.717) is 10.6 Å². The van der Waals surface area contributed by atoms with Crippen molar-refractivity contribution in [1.29, 1.82) is 0 Å². The van der Waals surface area contributed by atoms with Gasteiger partial charge in [-0.3, -0.25) is 14.4 Å². The molecule has 0 bridgehead atoms. The van der Waals surface area contributed by atoms with Gasteiger partial charge in [0.15, 0.2) is 0 Å². The summed E-state index contributed by atoms with van der Waals surface area (Å²) in [7, 11) is 1.55.